The van der Waals surface area contributed by atoms with Gasteiger partial charge in [-0.3, -0.25) is 5.41 Å². The molecule has 0 spiro atoms. The molecular formula is C50H32N4O2. The summed E-state index contributed by atoms with van der Waals surface area (Å²) in [5.41, 5.74) is 18.7. The van der Waals surface area contributed by atoms with E-state index >= 15 is 0 Å². The van der Waals surface area contributed by atoms with Crippen LogP contribution in [0.15, 0.2) is 190 Å². The molecule has 0 radical (unpaired) electrons. The zero-order valence-corrected chi connectivity index (χ0v) is 30.0. The third-order valence-corrected chi connectivity index (χ3v) is 10.9. The zero-order valence-electron chi connectivity index (χ0n) is 30.0. The number of hydrogen-bond acceptors (Lipinski definition) is 3. The van der Waals surface area contributed by atoms with Crippen molar-refractivity contribution in [3.63, 3.8) is 0 Å². The lowest BCUT2D eigenvalue weighted by Crippen LogP contribution is -2.16. The van der Waals surface area contributed by atoms with E-state index in [-0.39, 0.29) is 11.7 Å². The van der Waals surface area contributed by atoms with Gasteiger partial charge in [0.25, 0.3) is 0 Å². The van der Waals surface area contributed by atoms with Crippen LogP contribution in [-0.4, -0.2) is 16.2 Å². The van der Waals surface area contributed by atoms with Gasteiger partial charge in [-0.1, -0.05) is 127 Å². The molecular weight excluding hydrogens is 689 g/mol. The Balaban J connectivity index is 1.08. The Morgan fingerprint density at radius 1 is 0.482 bits per heavy atom. The van der Waals surface area contributed by atoms with Crippen LogP contribution in [0, 0.1) is 5.41 Å². The van der Waals surface area contributed by atoms with Gasteiger partial charge in [-0.15, -0.1) is 0 Å². The van der Waals surface area contributed by atoms with Crippen LogP contribution < -0.4 is 5.73 Å². The normalized spacial score (nSPS) is 12.2. The summed E-state index contributed by atoms with van der Waals surface area (Å²) in [7, 11) is 0. The molecule has 8 aromatic carbocycles. The summed E-state index contributed by atoms with van der Waals surface area (Å²) in [5.74, 6) is 0.334. The highest BCUT2D eigenvalue weighted by Crippen LogP contribution is 2.42. The molecule has 0 saturated heterocycles. The number of aliphatic imine (C=N–C) groups is 1. The van der Waals surface area contributed by atoms with Crippen molar-refractivity contribution in [1.29, 1.82) is 5.41 Å². The molecule has 0 aliphatic carbocycles. The Kier molecular flexibility index (Phi) is 7.06. The van der Waals surface area contributed by atoms with Gasteiger partial charge in [-0.2, -0.15) is 0 Å². The molecule has 0 unspecified atom stereocenters. The highest BCUT2D eigenvalue weighted by molar-refractivity contribution is 6.21. The number of furan rings is 2. The first-order valence-corrected chi connectivity index (χ1v) is 18.6. The molecule has 3 N–H and O–H groups in total. The molecule has 264 valence electrons. The summed E-state index contributed by atoms with van der Waals surface area (Å²) >= 11 is 0. The maximum atomic E-state index is 8.87. The number of nitrogens with two attached hydrogens (primary N) is 1. The van der Waals surface area contributed by atoms with Crippen molar-refractivity contribution in [3.05, 3.63) is 187 Å². The molecule has 3 aromatic heterocycles. The van der Waals surface area contributed by atoms with Crippen LogP contribution >= 0.6 is 0 Å². The fraction of sp³-hybridized carbons (Fsp3) is 0. The Morgan fingerprint density at radius 2 is 1.09 bits per heavy atom. The van der Waals surface area contributed by atoms with E-state index < -0.39 is 0 Å². The Labute approximate surface area is 320 Å². The molecule has 0 aliphatic heterocycles. The molecule has 11 aromatic rings. The molecule has 0 atom stereocenters. The van der Waals surface area contributed by atoms with Crippen LogP contribution in [0.5, 0.6) is 0 Å². The average Bonchev–Trinajstić information content (AvgIpc) is 3.93. The molecule has 3 heterocycles. The van der Waals surface area contributed by atoms with Gasteiger partial charge in [0.15, 0.2) is 5.84 Å². The molecule has 0 bridgehead atoms. The molecule has 0 amide bonds. The Hall–Kier alpha value is -7.70. The van der Waals surface area contributed by atoms with Crippen molar-refractivity contribution < 1.29 is 8.83 Å². The Bertz CT molecular complexity index is 3330. The number of fused-ring (bicyclic) bond motifs is 9. The summed E-state index contributed by atoms with van der Waals surface area (Å²) in [5, 5.41) is 15.1. The van der Waals surface area contributed by atoms with E-state index in [0.29, 0.717) is 16.7 Å². The second-order valence-corrected chi connectivity index (χ2v) is 14.1. The second-order valence-electron chi connectivity index (χ2n) is 14.1. The predicted molar refractivity (Wildman–Crippen MR) is 230 cm³/mol. The average molecular weight is 721 g/mol. The first-order valence-electron chi connectivity index (χ1n) is 18.6. The lowest BCUT2D eigenvalue weighted by atomic mass is 9.96. The first-order chi connectivity index (χ1) is 27.6. The number of nitrogens with one attached hydrogen (secondary N) is 1. The van der Waals surface area contributed by atoms with Crippen molar-refractivity contribution in [2.45, 2.75) is 0 Å². The van der Waals surface area contributed by atoms with Crippen LogP contribution in [0.4, 0.5) is 0 Å². The van der Waals surface area contributed by atoms with Gasteiger partial charge >= 0.3 is 0 Å². The van der Waals surface area contributed by atoms with Crippen LogP contribution in [0.3, 0.4) is 0 Å². The van der Waals surface area contributed by atoms with Crippen molar-refractivity contribution >= 4 is 77.4 Å². The van der Waals surface area contributed by atoms with Crippen molar-refractivity contribution in [2.24, 2.45) is 10.7 Å². The number of aromatic nitrogens is 1. The van der Waals surface area contributed by atoms with Gasteiger partial charge in [0, 0.05) is 49.5 Å². The fourth-order valence-electron chi connectivity index (χ4n) is 8.30. The minimum Gasteiger partial charge on any atom is -0.456 e. The standard InChI is InChI=1S/C50H32N4O2/c51-49(32-23-21-31(22-24-32)30-11-2-1-3-12-30)53-50(52)38-16-10-20-45-48(38)40-27-33(25-26-44(40)55-45)39-28-34(29-46-47(39)37-15-6-9-19-43(37)56-46)54-41-17-7-4-13-35(41)36-14-5-8-18-42(36)54/h1-29H,(H3,51,52,53). The van der Waals surface area contributed by atoms with Gasteiger partial charge in [0.05, 0.1) is 16.7 Å². The quantitative estimate of drug-likeness (QED) is 0.137. The number of para-hydroxylation sites is 3. The monoisotopic (exact) mass is 720 g/mol. The predicted octanol–water partition coefficient (Wildman–Crippen LogP) is 12.6. The summed E-state index contributed by atoms with van der Waals surface area (Å²) in [6.45, 7) is 0. The SMILES string of the molecule is N=C(N=C(N)c1cccc2oc3ccc(-c4cc(-n5c6ccccc6c6ccccc65)cc5oc6ccccc6c45)cc3c12)c1ccc(-c2ccccc2)cc1. The van der Waals surface area contributed by atoms with Crippen molar-refractivity contribution in [2.75, 3.05) is 0 Å². The van der Waals surface area contributed by atoms with Gasteiger partial charge in [0.1, 0.15) is 28.2 Å². The molecule has 0 fully saturated rings. The lowest BCUT2D eigenvalue weighted by molar-refractivity contribution is 0.668. The fourth-order valence-corrected chi connectivity index (χ4v) is 8.30. The highest BCUT2D eigenvalue weighted by atomic mass is 16.3. The third-order valence-electron chi connectivity index (χ3n) is 10.9. The first kappa shape index (κ1) is 31.8. The summed E-state index contributed by atoms with van der Waals surface area (Å²) in [6.07, 6.45) is 0. The van der Waals surface area contributed by atoms with E-state index in [2.05, 4.69) is 107 Å². The van der Waals surface area contributed by atoms with E-state index in [0.717, 1.165) is 77.3 Å². The maximum Gasteiger partial charge on any atom is 0.154 e. The van der Waals surface area contributed by atoms with Gasteiger partial charge in [-0.05, 0) is 64.7 Å². The van der Waals surface area contributed by atoms with Gasteiger partial charge in [0.2, 0.25) is 0 Å². The summed E-state index contributed by atoms with van der Waals surface area (Å²) in [6, 6.07) is 59.9. The second kappa shape index (κ2) is 12.4. The van der Waals surface area contributed by atoms with Crippen molar-refractivity contribution in [1.82, 2.24) is 4.57 Å². The molecule has 0 aliphatic rings. The Morgan fingerprint density at radius 3 is 1.86 bits per heavy atom. The van der Waals surface area contributed by atoms with E-state index in [1.165, 1.54) is 10.8 Å². The van der Waals surface area contributed by atoms with E-state index in [9.17, 15) is 0 Å². The third kappa shape index (κ3) is 4.97. The molecule has 6 heteroatoms. The molecule has 11 rings (SSSR count). The van der Waals surface area contributed by atoms with Crippen LogP contribution in [0.25, 0.3) is 93.6 Å². The van der Waals surface area contributed by atoms with E-state index in [4.69, 9.17) is 20.0 Å². The van der Waals surface area contributed by atoms with Crippen molar-refractivity contribution in [3.8, 4) is 27.9 Å². The minimum absolute atomic E-state index is 0.0868. The summed E-state index contributed by atoms with van der Waals surface area (Å²) in [4.78, 5) is 4.62. The smallest absolute Gasteiger partial charge is 0.154 e. The number of hydrogen-bond donors (Lipinski definition) is 2. The number of rotatable bonds is 5. The highest BCUT2D eigenvalue weighted by Gasteiger charge is 2.20. The minimum atomic E-state index is 0.0868. The number of amidine groups is 2. The molecule has 6 nitrogen and oxygen atoms in total. The van der Waals surface area contributed by atoms with E-state index in [1.54, 1.807) is 0 Å². The summed E-state index contributed by atoms with van der Waals surface area (Å²) < 4.78 is 15.3. The maximum absolute atomic E-state index is 8.87. The van der Waals surface area contributed by atoms with Gasteiger partial charge in [-0.25, -0.2) is 4.99 Å². The zero-order chi connectivity index (χ0) is 37.3. The van der Waals surface area contributed by atoms with E-state index in [1.807, 2.05) is 78.9 Å². The largest absolute Gasteiger partial charge is 0.456 e. The molecule has 0 saturated carbocycles. The van der Waals surface area contributed by atoms with Crippen LogP contribution in [0.1, 0.15) is 11.1 Å². The van der Waals surface area contributed by atoms with Crippen LogP contribution in [-0.2, 0) is 0 Å². The number of benzene rings is 8. The van der Waals surface area contributed by atoms with Crippen LogP contribution in [0.2, 0.25) is 0 Å². The number of nitrogens with zero attached hydrogens (tertiary/aromatic N) is 2. The topological polar surface area (TPSA) is 93.4 Å². The van der Waals surface area contributed by atoms with Gasteiger partial charge < -0.3 is 19.1 Å². The lowest BCUT2D eigenvalue weighted by Gasteiger charge is -2.12. The molecule has 56 heavy (non-hydrogen) atoms.